The molecule has 3 N–H and O–H groups in total. The van der Waals surface area contributed by atoms with E-state index in [0.717, 1.165) is 25.0 Å². The van der Waals surface area contributed by atoms with Crippen molar-refractivity contribution >= 4 is 45.6 Å². The van der Waals surface area contributed by atoms with Crippen LogP contribution in [-0.4, -0.2) is 63.8 Å². The highest BCUT2D eigenvalue weighted by Crippen LogP contribution is 2.17. The Balaban J connectivity index is 0.00000338. The second kappa shape index (κ2) is 9.18. The van der Waals surface area contributed by atoms with Gasteiger partial charge >= 0.3 is 0 Å². The number of piperazine rings is 1. The van der Waals surface area contributed by atoms with Gasteiger partial charge in [-0.05, 0) is 38.1 Å². The molecule has 0 unspecified atom stereocenters. The number of nitrogens with one attached hydrogen (secondary N) is 1. The van der Waals surface area contributed by atoms with Crippen LogP contribution in [0.25, 0.3) is 0 Å². The van der Waals surface area contributed by atoms with Gasteiger partial charge in [0.05, 0.1) is 12.8 Å². The summed E-state index contributed by atoms with van der Waals surface area (Å²) in [5.74, 6) is 0.159. The Morgan fingerprint density at radius 3 is 2.27 bits per heavy atom. The lowest BCUT2D eigenvalue weighted by atomic mass is 10.1. The number of sulfonamides is 1. The van der Waals surface area contributed by atoms with Crippen molar-refractivity contribution in [2.45, 2.75) is 19.4 Å². The van der Waals surface area contributed by atoms with Gasteiger partial charge in [0.1, 0.15) is 5.82 Å². The first-order chi connectivity index (χ1) is 11.6. The summed E-state index contributed by atoms with van der Waals surface area (Å²) < 4.78 is 38.3. The van der Waals surface area contributed by atoms with E-state index in [-0.39, 0.29) is 36.3 Å². The van der Waals surface area contributed by atoms with E-state index in [0.29, 0.717) is 19.0 Å². The first-order valence-electron chi connectivity index (χ1n) is 8.10. The van der Waals surface area contributed by atoms with Gasteiger partial charge in [0, 0.05) is 37.4 Å². The van der Waals surface area contributed by atoms with Gasteiger partial charge in [0.2, 0.25) is 10.0 Å². The van der Waals surface area contributed by atoms with Crippen molar-refractivity contribution in [3.05, 3.63) is 30.1 Å². The summed E-state index contributed by atoms with van der Waals surface area (Å²) in [6.45, 7) is 6.69. The minimum Gasteiger partial charge on any atom is -0.370 e. The molecule has 26 heavy (non-hydrogen) atoms. The summed E-state index contributed by atoms with van der Waals surface area (Å²) in [5, 5.41) is 0. The maximum atomic E-state index is 13.0. The van der Waals surface area contributed by atoms with Gasteiger partial charge in [0.25, 0.3) is 0 Å². The Hall–Kier alpha value is -1.14. The van der Waals surface area contributed by atoms with Crippen LogP contribution in [0.1, 0.15) is 13.8 Å². The molecule has 1 fully saturated rings. The van der Waals surface area contributed by atoms with E-state index in [1.165, 1.54) is 12.1 Å². The largest absolute Gasteiger partial charge is 0.370 e. The average molecular weight is 499 g/mol. The van der Waals surface area contributed by atoms with Crippen molar-refractivity contribution in [3.63, 3.8) is 0 Å². The van der Waals surface area contributed by atoms with Crippen molar-refractivity contribution < 1.29 is 12.8 Å². The second-order valence-corrected chi connectivity index (χ2v) is 8.63. The predicted octanol–water partition coefficient (Wildman–Crippen LogP) is 1.21. The van der Waals surface area contributed by atoms with Gasteiger partial charge < -0.3 is 15.5 Å². The normalized spacial score (nSPS) is 16.4. The lowest BCUT2D eigenvalue weighted by Gasteiger charge is -2.37. The topological polar surface area (TPSA) is 91.0 Å². The van der Waals surface area contributed by atoms with Crippen molar-refractivity contribution in [3.8, 4) is 0 Å². The smallest absolute Gasteiger partial charge is 0.209 e. The van der Waals surface area contributed by atoms with Crippen molar-refractivity contribution in [2.75, 3.05) is 43.9 Å². The third-order valence-corrected chi connectivity index (χ3v) is 4.82. The van der Waals surface area contributed by atoms with Crippen LogP contribution in [0.4, 0.5) is 10.1 Å². The van der Waals surface area contributed by atoms with E-state index in [9.17, 15) is 12.8 Å². The molecule has 7 nitrogen and oxygen atoms in total. The fourth-order valence-corrected chi connectivity index (χ4v) is 3.83. The van der Waals surface area contributed by atoms with Gasteiger partial charge in [-0.2, -0.15) is 0 Å². The molecule has 1 aromatic rings. The van der Waals surface area contributed by atoms with E-state index in [1.54, 1.807) is 26.0 Å². The lowest BCUT2D eigenvalue weighted by Crippen LogP contribution is -2.52. The van der Waals surface area contributed by atoms with E-state index >= 15 is 0 Å². The fourth-order valence-electron chi connectivity index (χ4n) is 2.76. The number of benzene rings is 1. The average Bonchev–Trinajstić information content (AvgIpc) is 2.51. The lowest BCUT2D eigenvalue weighted by molar-refractivity contribution is 0.377. The van der Waals surface area contributed by atoms with Crippen molar-refractivity contribution in [1.29, 1.82) is 0 Å². The zero-order chi connectivity index (χ0) is 18.7. The number of rotatable bonds is 5. The van der Waals surface area contributed by atoms with E-state index < -0.39 is 15.6 Å². The van der Waals surface area contributed by atoms with Crippen LogP contribution < -0.4 is 15.4 Å². The van der Waals surface area contributed by atoms with Gasteiger partial charge in [-0.15, -0.1) is 24.0 Å². The number of guanidine groups is 1. The molecule has 0 spiro atoms. The maximum absolute atomic E-state index is 13.0. The predicted molar refractivity (Wildman–Crippen MR) is 114 cm³/mol. The van der Waals surface area contributed by atoms with Crippen molar-refractivity contribution in [1.82, 2.24) is 9.62 Å². The summed E-state index contributed by atoms with van der Waals surface area (Å²) in [6.07, 6.45) is 1.12. The molecule has 0 amide bonds. The first kappa shape index (κ1) is 22.9. The number of anilines is 1. The van der Waals surface area contributed by atoms with Crippen molar-refractivity contribution in [2.24, 2.45) is 10.7 Å². The molecule has 1 saturated heterocycles. The zero-order valence-electron chi connectivity index (χ0n) is 15.3. The second-order valence-electron chi connectivity index (χ2n) is 6.88. The standard InChI is InChI=1S/C16H26FN5O2S.HI/c1-16(2,20-25(3,23)24)12-19-15(18)22-10-8-21(9-11-22)14-6-4-13(17)5-7-14;/h4-7,20H,8-12H2,1-3H3,(H2,18,19);1H. The molecule has 0 saturated carbocycles. The summed E-state index contributed by atoms with van der Waals surface area (Å²) >= 11 is 0. The zero-order valence-corrected chi connectivity index (χ0v) is 18.4. The third kappa shape index (κ3) is 7.23. The van der Waals surface area contributed by atoms with Gasteiger partial charge in [-0.25, -0.2) is 17.5 Å². The minimum absolute atomic E-state index is 0. The molecule has 0 radical (unpaired) electrons. The number of nitrogens with two attached hydrogens (primary N) is 1. The van der Waals surface area contributed by atoms with Crippen LogP contribution in [0.3, 0.4) is 0 Å². The molecule has 2 rings (SSSR count). The molecule has 0 aliphatic carbocycles. The highest BCUT2D eigenvalue weighted by molar-refractivity contribution is 14.0. The Labute approximate surface area is 171 Å². The molecule has 0 bridgehead atoms. The van der Waals surface area contributed by atoms with E-state index in [4.69, 9.17) is 5.73 Å². The summed E-state index contributed by atoms with van der Waals surface area (Å²) in [7, 11) is -3.30. The number of hydrogen-bond acceptors (Lipinski definition) is 4. The maximum Gasteiger partial charge on any atom is 0.209 e. The first-order valence-corrected chi connectivity index (χ1v) is 9.99. The van der Waals surface area contributed by atoms with Gasteiger partial charge in [-0.3, -0.25) is 4.99 Å². The highest BCUT2D eigenvalue weighted by Gasteiger charge is 2.23. The van der Waals surface area contributed by atoms with Crippen LogP contribution in [0.2, 0.25) is 0 Å². The summed E-state index contributed by atoms with van der Waals surface area (Å²) in [6, 6.07) is 6.44. The fraction of sp³-hybridized carbons (Fsp3) is 0.562. The molecule has 10 heteroatoms. The van der Waals surface area contributed by atoms with Crippen LogP contribution in [0.15, 0.2) is 29.3 Å². The molecule has 148 valence electrons. The Bertz CT molecular complexity index is 717. The SMILES string of the molecule is CC(C)(CN=C(N)N1CCN(c2ccc(F)cc2)CC1)NS(C)(=O)=O.I. The molecule has 1 aromatic carbocycles. The van der Waals surface area contributed by atoms with Crippen LogP contribution in [0, 0.1) is 5.82 Å². The van der Waals surface area contributed by atoms with Gasteiger partial charge in [-0.1, -0.05) is 0 Å². The van der Waals surface area contributed by atoms with Crippen LogP contribution in [0.5, 0.6) is 0 Å². The van der Waals surface area contributed by atoms with Crippen LogP contribution in [-0.2, 0) is 10.0 Å². The van der Waals surface area contributed by atoms with Crippen LogP contribution >= 0.6 is 24.0 Å². The van der Waals surface area contributed by atoms with Gasteiger partial charge in [0.15, 0.2) is 5.96 Å². The summed E-state index contributed by atoms with van der Waals surface area (Å²) in [5.41, 5.74) is 6.34. The van der Waals surface area contributed by atoms with E-state index in [1.807, 2.05) is 4.90 Å². The molecule has 1 aliphatic rings. The minimum atomic E-state index is -3.30. The summed E-state index contributed by atoms with van der Waals surface area (Å²) in [4.78, 5) is 8.47. The number of halogens is 2. The Morgan fingerprint density at radius 1 is 1.23 bits per heavy atom. The number of nitrogens with zero attached hydrogens (tertiary/aromatic N) is 3. The molecule has 1 heterocycles. The molecule has 1 aliphatic heterocycles. The Morgan fingerprint density at radius 2 is 1.77 bits per heavy atom. The number of aliphatic imine (C=N–C) groups is 1. The monoisotopic (exact) mass is 499 g/mol. The molecule has 0 atom stereocenters. The van der Waals surface area contributed by atoms with E-state index in [2.05, 4.69) is 14.6 Å². The third-order valence-electron chi connectivity index (χ3n) is 3.89. The number of hydrogen-bond donors (Lipinski definition) is 2. The Kier molecular flexibility index (Phi) is 8.08. The highest BCUT2D eigenvalue weighted by atomic mass is 127. The molecular formula is C16H27FIN5O2S. The quantitative estimate of drug-likeness (QED) is 0.361. The molecule has 0 aromatic heterocycles. The molecular weight excluding hydrogens is 472 g/mol.